The van der Waals surface area contributed by atoms with Crippen molar-refractivity contribution in [2.75, 3.05) is 39.8 Å². The highest BCUT2D eigenvalue weighted by atomic mass is 32.1. The molecule has 0 aromatic carbocycles. The van der Waals surface area contributed by atoms with E-state index in [9.17, 15) is 4.79 Å². The van der Waals surface area contributed by atoms with E-state index >= 15 is 0 Å². The number of aromatic nitrogens is 3. The zero-order valence-electron chi connectivity index (χ0n) is 15.3. The molecule has 26 heavy (non-hydrogen) atoms. The van der Waals surface area contributed by atoms with Crippen molar-refractivity contribution in [1.82, 2.24) is 28.8 Å². The Hall–Kier alpha value is -1.64. The van der Waals surface area contributed by atoms with Gasteiger partial charge in [0.1, 0.15) is 5.52 Å². The first-order valence-electron chi connectivity index (χ1n) is 9.46. The number of amides is 1. The number of fused-ring (bicyclic) bond motifs is 1. The van der Waals surface area contributed by atoms with Gasteiger partial charge in [-0.05, 0) is 26.0 Å². The minimum atomic E-state index is -0.0634. The molecule has 0 unspecified atom stereocenters. The zero-order valence-corrected chi connectivity index (χ0v) is 16.1. The first-order chi connectivity index (χ1) is 12.7. The average Bonchev–Trinajstić information content (AvgIpc) is 3.15. The lowest BCUT2D eigenvalue weighted by atomic mass is 9.79. The molecule has 0 atom stereocenters. The summed E-state index contributed by atoms with van der Waals surface area (Å²) in [6.07, 6.45) is 7.75. The molecule has 1 aliphatic heterocycles. The van der Waals surface area contributed by atoms with Crippen molar-refractivity contribution in [1.29, 1.82) is 0 Å². The molecule has 2 fully saturated rings. The molecule has 7 nitrogen and oxygen atoms in total. The van der Waals surface area contributed by atoms with Crippen LogP contribution in [-0.2, 0) is 0 Å². The molecule has 3 heterocycles. The van der Waals surface area contributed by atoms with Crippen molar-refractivity contribution in [3.63, 3.8) is 0 Å². The van der Waals surface area contributed by atoms with E-state index in [1.807, 2.05) is 0 Å². The number of rotatable bonds is 4. The lowest BCUT2D eigenvalue weighted by Crippen LogP contribution is -2.61. The normalized spacial score (nSPS) is 21.7. The average molecular weight is 375 g/mol. The molecule has 1 saturated heterocycles. The molecule has 2 aromatic heterocycles. The number of pyridine rings is 1. The summed E-state index contributed by atoms with van der Waals surface area (Å²) in [5.41, 5.74) is 1.96. The molecule has 0 spiro atoms. The van der Waals surface area contributed by atoms with Crippen LogP contribution in [0.4, 0.5) is 0 Å². The summed E-state index contributed by atoms with van der Waals surface area (Å²) in [7, 11) is 2.18. The summed E-state index contributed by atoms with van der Waals surface area (Å²) in [5.74, 6) is -0.0634. The van der Waals surface area contributed by atoms with Crippen LogP contribution in [0.1, 0.15) is 42.5 Å². The third-order valence-electron chi connectivity index (χ3n) is 5.91. The number of hydrogen-bond acceptors (Lipinski definition) is 7. The highest BCUT2D eigenvalue weighted by Gasteiger charge is 2.39. The van der Waals surface area contributed by atoms with Gasteiger partial charge < -0.3 is 10.2 Å². The largest absolute Gasteiger partial charge is 0.350 e. The molecule has 1 N–H and O–H groups in total. The fourth-order valence-electron chi connectivity index (χ4n) is 4.25. The fraction of sp³-hybridized carbons (Fsp3) is 0.667. The number of piperazine rings is 1. The summed E-state index contributed by atoms with van der Waals surface area (Å²) in [4.78, 5) is 21.9. The van der Waals surface area contributed by atoms with Gasteiger partial charge in [0, 0.05) is 44.5 Å². The molecule has 1 aliphatic carbocycles. The van der Waals surface area contributed by atoms with Crippen LogP contribution in [0.5, 0.6) is 0 Å². The van der Waals surface area contributed by atoms with Crippen LogP contribution in [0, 0.1) is 0 Å². The molecular formula is C18H26N6OS. The molecule has 1 amide bonds. The highest BCUT2D eigenvalue weighted by Crippen LogP contribution is 2.34. The summed E-state index contributed by atoms with van der Waals surface area (Å²) >= 11 is 1.12. The second kappa shape index (κ2) is 7.54. The molecule has 2 aromatic rings. The van der Waals surface area contributed by atoms with Gasteiger partial charge in [0.05, 0.1) is 17.3 Å². The van der Waals surface area contributed by atoms with E-state index in [4.69, 9.17) is 0 Å². The Morgan fingerprint density at radius 2 is 1.96 bits per heavy atom. The zero-order chi connectivity index (χ0) is 18.0. The summed E-state index contributed by atoms with van der Waals surface area (Å²) in [6.45, 7) is 5.10. The quantitative estimate of drug-likeness (QED) is 0.879. The van der Waals surface area contributed by atoms with Gasteiger partial charge in [-0.3, -0.25) is 9.69 Å². The molecule has 140 valence electrons. The third-order valence-corrected chi connectivity index (χ3v) is 6.45. The Labute approximate surface area is 158 Å². The lowest BCUT2D eigenvalue weighted by Gasteiger charge is -2.49. The van der Waals surface area contributed by atoms with Crippen molar-refractivity contribution in [2.24, 2.45) is 0 Å². The molecule has 4 rings (SSSR count). The van der Waals surface area contributed by atoms with Crippen LogP contribution in [0.15, 0.2) is 12.3 Å². The first-order valence-corrected chi connectivity index (χ1v) is 10.2. The third kappa shape index (κ3) is 3.58. The maximum atomic E-state index is 12.7. The topological polar surface area (TPSA) is 74.2 Å². The number of carbonyl (C=O) groups is 1. The number of nitrogens with zero attached hydrogens (tertiary/aromatic N) is 5. The molecule has 1 saturated carbocycles. The number of likely N-dealkylation sites (N-methyl/N-ethyl adjacent to an activating group) is 1. The van der Waals surface area contributed by atoms with Gasteiger partial charge in [0.25, 0.3) is 5.91 Å². The summed E-state index contributed by atoms with van der Waals surface area (Å²) in [5, 5.41) is 3.20. The summed E-state index contributed by atoms with van der Waals surface area (Å²) in [6, 6.07) is 1.78. The van der Waals surface area contributed by atoms with Crippen LogP contribution in [0.25, 0.3) is 11.2 Å². The Morgan fingerprint density at radius 3 is 2.73 bits per heavy atom. The Balaban J connectivity index is 1.46. The van der Waals surface area contributed by atoms with Crippen molar-refractivity contribution >= 4 is 28.8 Å². The van der Waals surface area contributed by atoms with Crippen molar-refractivity contribution in [3.8, 4) is 0 Å². The van der Waals surface area contributed by atoms with Gasteiger partial charge in [-0.1, -0.05) is 19.3 Å². The Morgan fingerprint density at radius 1 is 1.19 bits per heavy atom. The van der Waals surface area contributed by atoms with Crippen LogP contribution in [-0.4, -0.2) is 74.7 Å². The molecule has 0 bridgehead atoms. The van der Waals surface area contributed by atoms with E-state index in [0.29, 0.717) is 23.3 Å². The smallest absolute Gasteiger partial charge is 0.252 e. The second-order valence-electron chi connectivity index (χ2n) is 7.59. The first kappa shape index (κ1) is 17.8. The van der Waals surface area contributed by atoms with E-state index in [1.165, 1.54) is 32.1 Å². The Bertz CT molecular complexity index is 764. The predicted molar refractivity (Wildman–Crippen MR) is 102 cm³/mol. The van der Waals surface area contributed by atoms with E-state index in [1.54, 1.807) is 12.3 Å². The second-order valence-corrected chi connectivity index (χ2v) is 8.12. The maximum Gasteiger partial charge on any atom is 0.252 e. The van der Waals surface area contributed by atoms with Gasteiger partial charge in [-0.2, -0.15) is 8.75 Å². The van der Waals surface area contributed by atoms with Crippen molar-refractivity contribution in [3.05, 3.63) is 17.8 Å². The molecular weight excluding hydrogens is 348 g/mol. The monoisotopic (exact) mass is 374 g/mol. The minimum absolute atomic E-state index is 0.0634. The van der Waals surface area contributed by atoms with Gasteiger partial charge in [0.2, 0.25) is 0 Å². The van der Waals surface area contributed by atoms with Crippen LogP contribution < -0.4 is 5.32 Å². The molecule has 8 heteroatoms. The molecule has 0 radical (unpaired) electrons. The number of hydrogen-bond donors (Lipinski definition) is 1. The SMILES string of the molecule is CN1CCN(C2(CNC(=O)c3cnc4nsnc4c3)CCCCC2)CC1. The van der Waals surface area contributed by atoms with E-state index in [-0.39, 0.29) is 11.4 Å². The van der Waals surface area contributed by atoms with Crippen LogP contribution in [0.2, 0.25) is 0 Å². The van der Waals surface area contributed by atoms with Crippen molar-refractivity contribution in [2.45, 2.75) is 37.6 Å². The maximum absolute atomic E-state index is 12.7. The minimum Gasteiger partial charge on any atom is -0.350 e. The predicted octanol–water partition coefficient (Wildman–Crippen LogP) is 1.77. The van der Waals surface area contributed by atoms with Crippen LogP contribution >= 0.6 is 11.7 Å². The van der Waals surface area contributed by atoms with Gasteiger partial charge in [0.15, 0.2) is 5.65 Å². The lowest BCUT2D eigenvalue weighted by molar-refractivity contribution is 0.0138. The fourth-order valence-corrected chi connectivity index (χ4v) is 4.73. The number of carbonyl (C=O) groups excluding carboxylic acids is 1. The standard InChI is InChI=1S/C18H26N6OS/c1-23-7-9-24(10-8-23)18(5-3-2-4-6-18)13-20-17(25)14-11-15-16(19-12-14)22-26-21-15/h11-12H,2-10,13H2,1H3,(H,20,25). The highest BCUT2D eigenvalue weighted by molar-refractivity contribution is 7.00. The van der Waals surface area contributed by atoms with Gasteiger partial charge in [-0.25, -0.2) is 4.98 Å². The summed E-state index contributed by atoms with van der Waals surface area (Å²) < 4.78 is 8.28. The number of nitrogens with one attached hydrogen (secondary N) is 1. The van der Waals surface area contributed by atoms with E-state index in [2.05, 4.69) is 35.9 Å². The van der Waals surface area contributed by atoms with Crippen LogP contribution in [0.3, 0.4) is 0 Å². The van der Waals surface area contributed by atoms with E-state index in [0.717, 1.165) is 37.9 Å². The Kier molecular flexibility index (Phi) is 5.15. The van der Waals surface area contributed by atoms with Gasteiger partial charge >= 0.3 is 0 Å². The van der Waals surface area contributed by atoms with Crippen molar-refractivity contribution < 1.29 is 4.79 Å². The van der Waals surface area contributed by atoms with Gasteiger partial charge in [-0.15, -0.1) is 0 Å². The van der Waals surface area contributed by atoms with E-state index < -0.39 is 0 Å². The molecule has 2 aliphatic rings.